The fraction of sp³-hybridized carbons (Fsp3) is 0.278. The minimum atomic E-state index is -0.785. The molecule has 0 amide bonds. The fourth-order valence-electron chi connectivity index (χ4n) is 2.07. The first kappa shape index (κ1) is 15.6. The SMILES string of the molecule is Cc1ccc(C)c(SCc2ccc(C(C)C(=O)O)cc2)c1. The highest BCUT2D eigenvalue weighted by Crippen LogP contribution is 2.27. The summed E-state index contributed by atoms with van der Waals surface area (Å²) in [5.74, 6) is -0.343. The number of carbonyl (C=O) groups is 1. The zero-order valence-electron chi connectivity index (χ0n) is 12.6. The Kier molecular flexibility index (Phi) is 5.07. The zero-order chi connectivity index (χ0) is 15.4. The van der Waals surface area contributed by atoms with Crippen LogP contribution >= 0.6 is 11.8 Å². The third-order valence-corrected chi connectivity index (χ3v) is 4.82. The lowest BCUT2D eigenvalue weighted by Gasteiger charge is -2.09. The molecule has 0 spiro atoms. The molecular formula is C18H20O2S. The third kappa shape index (κ3) is 4.11. The van der Waals surface area contributed by atoms with Crippen molar-refractivity contribution in [3.8, 4) is 0 Å². The van der Waals surface area contributed by atoms with Crippen molar-refractivity contribution in [3.05, 3.63) is 64.7 Å². The molecule has 0 aliphatic rings. The summed E-state index contributed by atoms with van der Waals surface area (Å²) in [6, 6.07) is 14.4. The molecule has 0 fully saturated rings. The Balaban J connectivity index is 2.04. The van der Waals surface area contributed by atoms with E-state index in [1.807, 2.05) is 36.0 Å². The van der Waals surface area contributed by atoms with Gasteiger partial charge in [-0.25, -0.2) is 0 Å². The summed E-state index contributed by atoms with van der Waals surface area (Å²) in [6.45, 7) is 5.94. The Labute approximate surface area is 130 Å². The van der Waals surface area contributed by atoms with Gasteiger partial charge in [-0.05, 0) is 43.5 Å². The molecule has 21 heavy (non-hydrogen) atoms. The third-order valence-electron chi connectivity index (χ3n) is 3.59. The maximum Gasteiger partial charge on any atom is 0.310 e. The van der Waals surface area contributed by atoms with Crippen LogP contribution in [0, 0.1) is 13.8 Å². The maximum absolute atomic E-state index is 11.0. The van der Waals surface area contributed by atoms with Gasteiger partial charge in [0.2, 0.25) is 0 Å². The van der Waals surface area contributed by atoms with Crippen LogP contribution in [-0.2, 0) is 10.5 Å². The van der Waals surface area contributed by atoms with E-state index in [1.54, 1.807) is 6.92 Å². The number of rotatable bonds is 5. The van der Waals surface area contributed by atoms with E-state index < -0.39 is 11.9 Å². The molecule has 2 aromatic carbocycles. The van der Waals surface area contributed by atoms with Crippen molar-refractivity contribution in [2.24, 2.45) is 0 Å². The van der Waals surface area contributed by atoms with Crippen LogP contribution in [0.1, 0.15) is 35.1 Å². The van der Waals surface area contributed by atoms with Gasteiger partial charge < -0.3 is 5.11 Å². The average molecular weight is 300 g/mol. The summed E-state index contributed by atoms with van der Waals surface area (Å²) in [5.41, 5.74) is 4.63. The summed E-state index contributed by atoms with van der Waals surface area (Å²) >= 11 is 1.82. The van der Waals surface area contributed by atoms with E-state index in [4.69, 9.17) is 5.11 Å². The van der Waals surface area contributed by atoms with Crippen molar-refractivity contribution < 1.29 is 9.90 Å². The predicted octanol–water partition coefficient (Wildman–Crippen LogP) is 4.78. The van der Waals surface area contributed by atoms with Crippen molar-refractivity contribution in [1.82, 2.24) is 0 Å². The molecule has 110 valence electrons. The summed E-state index contributed by atoms with van der Waals surface area (Å²) in [4.78, 5) is 12.3. The standard InChI is InChI=1S/C18H20O2S/c1-12-4-5-13(2)17(10-12)21-11-15-6-8-16(9-7-15)14(3)18(19)20/h4-10,14H,11H2,1-3H3,(H,19,20). The quantitative estimate of drug-likeness (QED) is 0.807. The minimum Gasteiger partial charge on any atom is -0.481 e. The van der Waals surface area contributed by atoms with Gasteiger partial charge in [-0.2, -0.15) is 0 Å². The molecule has 0 radical (unpaired) electrons. The first-order chi connectivity index (χ1) is 9.97. The number of hydrogen-bond donors (Lipinski definition) is 1. The summed E-state index contributed by atoms with van der Waals surface area (Å²) in [5, 5.41) is 9.01. The van der Waals surface area contributed by atoms with Gasteiger partial charge >= 0.3 is 5.97 Å². The van der Waals surface area contributed by atoms with Crippen LogP contribution in [0.3, 0.4) is 0 Å². The van der Waals surface area contributed by atoms with Crippen molar-refractivity contribution in [2.45, 2.75) is 37.3 Å². The Morgan fingerprint density at radius 3 is 2.43 bits per heavy atom. The van der Waals surface area contributed by atoms with Crippen molar-refractivity contribution in [1.29, 1.82) is 0 Å². The molecule has 0 saturated heterocycles. The monoisotopic (exact) mass is 300 g/mol. The molecule has 1 unspecified atom stereocenters. The zero-order valence-corrected chi connectivity index (χ0v) is 13.4. The highest BCUT2D eigenvalue weighted by Gasteiger charge is 2.12. The smallest absolute Gasteiger partial charge is 0.310 e. The number of thioether (sulfide) groups is 1. The number of carboxylic acid groups (broad SMARTS) is 1. The second-order valence-corrected chi connectivity index (χ2v) is 6.38. The summed E-state index contributed by atoms with van der Waals surface area (Å²) < 4.78 is 0. The molecule has 0 heterocycles. The van der Waals surface area contributed by atoms with Crippen LogP contribution in [0.5, 0.6) is 0 Å². The molecule has 0 aromatic heterocycles. The van der Waals surface area contributed by atoms with Crippen molar-refractivity contribution in [2.75, 3.05) is 0 Å². The molecule has 1 atom stereocenters. The average Bonchev–Trinajstić information content (AvgIpc) is 2.48. The van der Waals surface area contributed by atoms with Gasteiger partial charge in [0.15, 0.2) is 0 Å². The lowest BCUT2D eigenvalue weighted by atomic mass is 10.0. The van der Waals surface area contributed by atoms with Crippen molar-refractivity contribution in [3.63, 3.8) is 0 Å². The number of aryl methyl sites for hydroxylation is 2. The number of hydrogen-bond acceptors (Lipinski definition) is 2. The molecule has 1 N–H and O–H groups in total. The molecule has 2 nitrogen and oxygen atoms in total. The highest BCUT2D eigenvalue weighted by atomic mass is 32.2. The molecule has 2 rings (SSSR count). The normalized spacial score (nSPS) is 12.1. The number of carboxylic acids is 1. The molecule has 2 aromatic rings. The fourth-order valence-corrected chi connectivity index (χ4v) is 3.15. The van der Waals surface area contributed by atoms with Gasteiger partial charge in [-0.1, -0.05) is 42.0 Å². The van der Waals surface area contributed by atoms with Crippen LogP contribution in [0.15, 0.2) is 47.4 Å². The van der Waals surface area contributed by atoms with Gasteiger partial charge in [0.1, 0.15) is 0 Å². The second kappa shape index (κ2) is 6.81. The van der Waals surface area contributed by atoms with E-state index in [0.29, 0.717) is 0 Å². The molecule has 0 saturated carbocycles. The van der Waals surface area contributed by atoms with E-state index in [0.717, 1.165) is 11.3 Å². The molecule has 0 aliphatic heterocycles. The van der Waals surface area contributed by atoms with Crippen LogP contribution in [0.25, 0.3) is 0 Å². The van der Waals surface area contributed by atoms with Gasteiger partial charge in [0, 0.05) is 10.6 Å². The highest BCUT2D eigenvalue weighted by molar-refractivity contribution is 7.98. The maximum atomic E-state index is 11.0. The van der Waals surface area contributed by atoms with E-state index in [-0.39, 0.29) is 0 Å². The Morgan fingerprint density at radius 2 is 1.81 bits per heavy atom. The van der Waals surface area contributed by atoms with Gasteiger partial charge in [0.05, 0.1) is 5.92 Å². The molecule has 0 aliphatic carbocycles. The predicted molar refractivity (Wildman–Crippen MR) is 88.0 cm³/mol. The van der Waals surface area contributed by atoms with Gasteiger partial charge in [-0.15, -0.1) is 11.8 Å². The van der Waals surface area contributed by atoms with E-state index in [1.165, 1.54) is 21.6 Å². The Morgan fingerprint density at radius 1 is 1.14 bits per heavy atom. The lowest BCUT2D eigenvalue weighted by Crippen LogP contribution is -2.07. The van der Waals surface area contributed by atoms with Crippen molar-refractivity contribution >= 4 is 17.7 Å². The number of benzene rings is 2. The Bertz CT molecular complexity index is 632. The second-order valence-electron chi connectivity index (χ2n) is 5.36. The first-order valence-corrected chi connectivity index (χ1v) is 7.97. The van der Waals surface area contributed by atoms with Crippen LogP contribution in [0.2, 0.25) is 0 Å². The summed E-state index contributed by atoms with van der Waals surface area (Å²) in [7, 11) is 0. The largest absolute Gasteiger partial charge is 0.481 e. The Hall–Kier alpha value is -1.74. The van der Waals surface area contributed by atoms with Crippen LogP contribution in [-0.4, -0.2) is 11.1 Å². The molecule has 0 bridgehead atoms. The minimum absolute atomic E-state index is 0.453. The first-order valence-electron chi connectivity index (χ1n) is 6.99. The van der Waals surface area contributed by atoms with E-state index in [9.17, 15) is 4.79 Å². The van der Waals surface area contributed by atoms with E-state index >= 15 is 0 Å². The van der Waals surface area contributed by atoms with Gasteiger partial charge in [0.25, 0.3) is 0 Å². The topological polar surface area (TPSA) is 37.3 Å². The van der Waals surface area contributed by atoms with Gasteiger partial charge in [-0.3, -0.25) is 4.79 Å². The number of aliphatic carboxylic acids is 1. The van der Waals surface area contributed by atoms with Crippen LogP contribution < -0.4 is 0 Å². The molecule has 3 heteroatoms. The van der Waals surface area contributed by atoms with E-state index in [2.05, 4.69) is 32.0 Å². The van der Waals surface area contributed by atoms with Crippen LogP contribution in [0.4, 0.5) is 0 Å². The lowest BCUT2D eigenvalue weighted by molar-refractivity contribution is -0.138. The summed E-state index contributed by atoms with van der Waals surface area (Å²) in [6.07, 6.45) is 0. The molecular weight excluding hydrogens is 280 g/mol.